The van der Waals surface area contributed by atoms with Crippen LogP contribution in [-0.4, -0.2) is 39.0 Å². The molecule has 3 aromatic carbocycles. The Labute approximate surface area is 178 Å². The smallest absolute Gasteiger partial charge is 0.189 e. The van der Waals surface area contributed by atoms with Crippen molar-refractivity contribution >= 4 is 11.9 Å². The number of ketones is 1. The van der Waals surface area contributed by atoms with E-state index in [1.807, 2.05) is 86.9 Å². The minimum absolute atomic E-state index is 0.102. The van der Waals surface area contributed by atoms with Gasteiger partial charge in [-0.15, -0.1) is 0 Å². The van der Waals surface area contributed by atoms with Crippen molar-refractivity contribution in [3.8, 4) is 22.6 Å². The van der Waals surface area contributed by atoms with Gasteiger partial charge in [-0.3, -0.25) is 4.79 Å². The van der Waals surface area contributed by atoms with E-state index in [9.17, 15) is 4.79 Å². The molecule has 0 N–H and O–H groups in total. The second-order valence-electron chi connectivity index (χ2n) is 7.29. The van der Waals surface area contributed by atoms with Crippen LogP contribution in [0.4, 0.5) is 0 Å². The monoisotopic (exact) mass is 401 g/mol. The Balaban J connectivity index is 1.89. The van der Waals surface area contributed by atoms with Gasteiger partial charge in [0.2, 0.25) is 0 Å². The van der Waals surface area contributed by atoms with Crippen LogP contribution in [0.1, 0.15) is 21.5 Å². The predicted molar refractivity (Wildman–Crippen MR) is 122 cm³/mol. The van der Waals surface area contributed by atoms with Gasteiger partial charge in [0.25, 0.3) is 0 Å². The Kier molecular flexibility index (Phi) is 7.04. The van der Waals surface area contributed by atoms with Crippen molar-refractivity contribution in [2.24, 2.45) is 0 Å². The maximum Gasteiger partial charge on any atom is 0.189 e. The molecule has 3 rings (SSSR count). The average Bonchev–Trinajstić information content (AvgIpc) is 2.77. The van der Waals surface area contributed by atoms with Gasteiger partial charge in [0.05, 0.1) is 19.8 Å². The number of carbonyl (C=O) groups excluding carboxylic acids is 1. The number of methoxy groups -OCH3 is 2. The van der Waals surface area contributed by atoms with Gasteiger partial charge in [-0.2, -0.15) is 0 Å². The van der Waals surface area contributed by atoms with Crippen LogP contribution in [0.15, 0.2) is 72.8 Å². The number of rotatable bonds is 8. The number of hydrogen-bond donors (Lipinski definition) is 0. The second kappa shape index (κ2) is 9.90. The highest BCUT2D eigenvalue weighted by Crippen LogP contribution is 2.28. The molecule has 30 heavy (non-hydrogen) atoms. The lowest BCUT2D eigenvalue weighted by Crippen LogP contribution is -2.11. The minimum Gasteiger partial charge on any atom is -0.496 e. The van der Waals surface area contributed by atoms with E-state index in [2.05, 4.69) is 4.90 Å². The number of carbonyl (C=O) groups is 1. The summed E-state index contributed by atoms with van der Waals surface area (Å²) >= 11 is 0. The van der Waals surface area contributed by atoms with Crippen molar-refractivity contribution in [2.75, 3.05) is 28.3 Å². The molecular formula is C26H27NO3. The zero-order valence-corrected chi connectivity index (χ0v) is 17.9. The van der Waals surface area contributed by atoms with E-state index in [4.69, 9.17) is 9.47 Å². The molecule has 0 aliphatic carbocycles. The van der Waals surface area contributed by atoms with E-state index in [0.29, 0.717) is 11.3 Å². The van der Waals surface area contributed by atoms with E-state index in [1.165, 1.54) is 0 Å². The topological polar surface area (TPSA) is 38.8 Å². The molecule has 0 bridgehead atoms. The number of benzene rings is 3. The highest BCUT2D eigenvalue weighted by atomic mass is 16.5. The first-order valence-electron chi connectivity index (χ1n) is 9.79. The predicted octanol–water partition coefficient (Wildman–Crippen LogP) is 5.33. The molecule has 0 fully saturated rings. The third-order valence-corrected chi connectivity index (χ3v) is 4.79. The van der Waals surface area contributed by atoms with Crippen LogP contribution in [0.25, 0.3) is 17.2 Å². The van der Waals surface area contributed by atoms with E-state index < -0.39 is 0 Å². The normalized spacial score (nSPS) is 11.1. The zero-order valence-electron chi connectivity index (χ0n) is 17.9. The van der Waals surface area contributed by atoms with Crippen LogP contribution >= 0.6 is 0 Å². The maximum atomic E-state index is 13.0. The molecule has 0 unspecified atom stereocenters. The van der Waals surface area contributed by atoms with Gasteiger partial charge in [0, 0.05) is 12.1 Å². The first-order valence-corrected chi connectivity index (χ1v) is 9.79. The summed E-state index contributed by atoms with van der Waals surface area (Å²) < 4.78 is 10.9. The van der Waals surface area contributed by atoms with Gasteiger partial charge in [-0.05, 0) is 61.1 Å². The third kappa shape index (κ3) is 5.16. The van der Waals surface area contributed by atoms with Gasteiger partial charge in [0.15, 0.2) is 5.78 Å². The highest BCUT2D eigenvalue weighted by Gasteiger charge is 2.12. The molecule has 4 nitrogen and oxygen atoms in total. The fourth-order valence-corrected chi connectivity index (χ4v) is 3.34. The summed E-state index contributed by atoms with van der Waals surface area (Å²) in [5, 5.41) is 0. The first-order chi connectivity index (χ1) is 14.5. The number of nitrogens with zero attached hydrogens (tertiary/aromatic N) is 1. The highest BCUT2D eigenvalue weighted by molar-refractivity contribution is 6.09. The lowest BCUT2D eigenvalue weighted by atomic mass is 9.99. The number of ether oxygens (including phenoxy) is 2. The van der Waals surface area contributed by atoms with E-state index >= 15 is 0 Å². The molecule has 0 aliphatic rings. The SMILES string of the molecule is COc1ccc(/C=C/C(=O)c2cc(-c3ccccc3)ccc2OC)cc1CN(C)C. The summed E-state index contributed by atoms with van der Waals surface area (Å²) in [5.74, 6) is 1.30. The van der Waals surface area contributed by atoms with Crippen LogP contribution < -0.4 is 9.47 Å². The summed E-state index contributed by atoms with van der Waals surface area (Å²) in [5.41, 5.74) is 4.59. The zero-order chi connectivity index (χ0) is 21.5. The van der Waals surface area contributed by atoms with Crippen LogP contribution in [0.2, 0.25) is 0 Å². The molecule has 154 valence electrons. The average molecular weight is 402 g/mol. The first kappa shape index (κ1) is 21.3. The van der Waals surface area contributed by atoms with Crippen molar-refractivity contribution in [3.05, 3.63) is 89.5 Å². The maximum absolute atomic E-state index is 13.0. The Bertz CT molecular complexity index is 1040. The largest absolute Gasteiger partial charge is 0.496 e. The Hall–Kier alpha value is -3.37. The lowest BCUT2D eigenvalue weighted by molar-refractivity contribution is 0.104. The van der Waals surface area contributed by atoms with Crippen LogP contribution in [0, 0.1) is 0 Å². The Morgan fingerprint density at radius 1 is 0.867 bits per heavy atom. The molecule has 0 saturated heterocycles. The molecule has 0 aliphatic heterocycles. The van der Waals surface area contributed by atoms with Gasteiger partial charge in [0.1, 0.15) is 11.5 Å². The quantitative estimate of drug-likeness (QED) is 0.378. The van der Waals surface area contributed by atoms with Gasteiger partial charge >= 0.3 is 0 Å². The lowest BCUT2D eigenvalue weighted by Gasteiger charge is -2.14. The van der Waals surface area contributed by atoms with E-state index in [-0.39, 0.29) is 5.78 Å². The van der Waals surface area contributed by atoms with E-state index in [0.717, 1.165) is 34.5 Å². The van der Waals surface area contributed by atoms with Crippen LogP contribution in [0.3, 0.4) is 0 Å². The fraction of sp³-hybridized carbons (Fsp3) is 0.192. The fourth-order valence-electron chi connectivity index (χ4n) is 3.34. The van der Waals surface area contributed by atoms with Gasteiger partial charge < -0.3 is 14.4 Å². The van der Waals surface area contributed by atoms with Crippen LogP contribution in [0.5, 0.6) is 11.5 Å². The number of hydrogen-bond acceptors (Lipinski definition) is 4. The van der Waals surface area contributed by atoms with Crippen molar-refractivity contribution in [2.45, 2.75) is 6.54 Å². The summed E-state index contributed by atoms with van der Waals surface area (Å²) in [7, 11) is 7.27. The molecule has 0 heterocycles. The molecule has 4 heteroatoms. The summed E-state index contributed by atoms with van der Waals surface area (Å²) in [4.78, 5) is 15.0. The molecule has 0 saturated carbocycles. The van der Waals surface area contributed by atoms with Crippen molar-refractivity contribution in [1.29, 1.82) is 0 Å². The van der Waals surface area contributed by atoms with Crippen molar-refractivity contribution in [1.82, 2.24) is 4.90 Å². The standard InChI is InChI=1S/C26H27NO3/c1-27(2)18-22-16-19(11-14-25(22)29-3)10-13-24(28)23-17-21(12-15-26(23)30-4)20-8-6-5-7-9-20/h5-17H,18H2,1-4H3/b13-10+. The molecule has 0 spiro atoms. The van der Waals surface area contributed by atoms with Gasteiger partial charge in [-0.1, -0.05) is 48.5 Å². The third-order valence-electron chi connectivity index (χ3n) is 4.79. The Morgan fingerprint density at radius 3 is 2.23 bits per heavy atom. The van der Waals surface area contributed by atoms with Crippen molar-refractivity contribution in [3.63, 3.8) is 0 Å². The summed E-state index contributed by atoms with van der Waals surface area (Å²) in [6.07, 6.45) is 3.42. The van der Waals surface area contributed by atoms with Gasteiger partial charge in [-0.25, -0.2) is 0 Å². The second-order valence-corrected chi connectivity index (χ2v) is 7.29. The molecular weight excluding hydrogens is 374 g/mol. The van der Waals surface area contributed by atoms with E-state index in [1.54, 1.807) is 20.3 Å². The van der Waals surface area contributed by atoms with Crippen molar-refractivity contribution < 1.29 is 14.3 Å². The summed E-state index contributed by atoms with van der Waals surface area (Å²) in [6.45, 7) is 0.756. The number of allylic oxidation sites excluding steroid dienone is 1. The molecule has 0 amide bonds. The summed E-state index contributed by atoms with van der Waals surface area (Å²) in [6, 6.07) is 21.6. The van der Waals surface area contributed by atoms with Crippen LogP contribution in [-0.2, 0) is 6.54 Å². The molecule has 3 aromatic rings. The molecule has 0 radical (unpaired) electrons. The Morgan fingerprint density at radius 2 is 1.57 bits per heavy atom. The molecule has 0 atom stereocenters. The minimum atomic E-state index is -0.102. The molecule has 0 aromatic heterocycles.